The van der Waals surface area contributed by atoms with Gasteiger partial charge in [-0.3, -0.25) is 4.90 Å². The smallest absolute Gasteiger partial charge is 0.118 e. The van der Waals surface area contributed by atoms with Crippen molar-refractivity contribution < 1.29 is 4.42 Å². The molecule has 0 saturated carbocycles. The number of nitrogens with zero attached hydrogens (tertiary/aromatic N) is 1. The van der Waals surface area contributed by atoms with Crippen molar-refractivity contribution in [1.82, 2.24) is 10.2 Å². The quantitative estimate of drug-likeness (QED) is 0.768. The van der Waals surface area contributed by atoms with E-state index in [2.05, 4.69) is 37.1 Å². The molecule has 0 amide bonds. The Morgan fingerprint density at radius 3 is 2.95 bits per heavy atom. The number of furan rings is 1. The molecule has 2 rings (SSSR count). The molecule has 1 aliphatic rings. The second-order valence-corrected chi connectivity index (χ2v) is 6.00. The van der Waals surface area contributed by atoms with Gasteiger partial charge in [-0.15, -0.1) is 0 Å². The molecule has 1 atom stereocenters. The standard InChI is InChI=1S/C17H30N2O/c1-4-9-18-12-15-11-17(20-14(15)3)13-19-10-7-6-8-16(19)5-2/h11,16,18H,4-10,12-13H2,1-3H3. The average molecular weight is 278 g/mol. The van der Waals surface area contributed by atoms with Gasteiger partial charge in [0, 0.05) is 18.2 Å². The third-order valence-electron chi connectivity index (χ3n) is 4.39. The van der Waals surface area contributed by atoms with Gasteiger partial charge in [0.15, 0.2) is 0 Å². The SMILES string of the molecule is CCCNCc1cc(CN2CCCCC2CC)oc1C. The van der Waals surface area contributed by atoms with Crippen LogP contribution < -0.4 is 5.32 Å². The Labute approximate surface area is 123 Å². The van der Waals surface area contributed by atoms with Crippen LogP contribution in [0.3, 0.4) is 0 Å². The van der Waals surface area contributed by atoms with Crippen molar-refractivity contribution in [3.05, 3.63) is 23.2 Å². The normalized spacial score (nSPS) is 20.4. The maximum Gasteiger partial charge on any atom is 0.118 e. The Morgan fingerprint density at radius 1 is 1.35 bits per heavy atom. The van der Waals surface area contributed by atoms with E-state index >= 15 is 0 Å². The average Bonchev–Trinajstić information content (AvgIpc) is 2.80. The molecule has 0 bridgehead atoms. The third-order valence-corrected chi connectivity index (χ3v) is 4.39. The van der Waals surface area contributed by atoms with Crippen LogP contribution in [0.2, 0.25) is 0 Å². The van der Waals surface area contributed by atoms with Crippen molar-refractivity contribution in [1.29, 1.82) is 0 Å². The van der Waals surface area contributed by atoms with E-state index in [1.807, 2.05) is 0 Å². The van der Waals surface area contributed by atoms with Gasteiger partial charge in [0.05, 0.1) is 6.54 Å². The highest BCUT2D eigenvalue weighted by atomic mass is 16.3. The predicted octanol–water partition coefficient (Wildman–Crippen LogP) is 3.85. The van der Waals surface area contributed by atoms with E-state index in [0.717, 1.165) is 37.2 Å². The zero-order valence-corrected chi connectivity index (χ0v) is 13.4. The van der Waals surface area contributed by atoms with Crippen LogP contribution in [0.25, 0.3) is 0 Å². The second-order valence-electron chi connectivity index (χ2n) is 6.00. The monoisotopic (exact) mass is 278 g/mol. The molecule has 0 aliphatic carbocycles. The first-order valence-corrected chi connectivity index (χ1v) is 8.27. The molecule has 1 aromatic heterocycles. The van der Waals surface area contributed by atoms with Crippen LogP contribution >= 0.6 is 0 Å². The molecule has 0 radical (unpaired) electrons. The van der Waals surface area contributed by atoms with Gasteiger partial charge in [0.1, 0.15) is 11.5 Å². The number of aryl methyl sites for hydroxylation is 1. The van der Waals surface area contributed by atoms with Crippen molar-refractivity contribution in [3.8, 4) is 0 Å². The lowest BCUT2D eigenvalue weighted by Gasteiger charge is -2.34. The number of nitrogens with one attached hydrogen (secondary N) is 1. The van der Waals surface area contributed by atoms with E-state index in [0.29, 0.717) is 0 Å². The topological polar surface area (TPSA) is 28.4 Å². The van der Waals surface area contributed by atoms with Crippen LogP contribution in [-0.2, 0) is 13.1 Å². The summed E-state index contributed by atoms with van der Waals surface area (Å²) in [5.41, 5.74) is 1.32. The minimum atomic E-state index is 0.746. The summed E-state index contributed by atoms with van der Waals surface area (Å²) in [5.74, 6) is 2.21. The molecule has 0 spiro atoms. The van der Waals surface area contributed by atoms with Crippen LogP contribution in [0.1, 0.15) is 63.0 Å². The lowest BCUT2D eigenvalue weighted by atomic mass is 10.00. The summed E-state index contributed by atoms with van der Waals surface area (Å²) in [4.78, 5) is 2.60. The van der Waals surface area contributed by atoms with E-state index in [-0.39, 0.29) is 0 Å². The second kappa shape index (κ2) is 7.84. The van der Waals surface area contributed by atoms with Crippen molar-refractivity contribution in [3.63, 3.8) is 0 Å². The van der Waals surface area contributed by atoms with E-state index in [9.17, 15) is 0 Å². The number of piperidine rings is 1. The predicted molar refractivity (Wildman–Crippen MR) is 83.8 cm³/mol. The molecule has 1 aliphatic heterocycles. The molecule has 1 aromatic rings. The Bertz CT molecular complexity index is 400. The zero-order chi connectivity index (χ0) is 14.4. The lowest BCUT2D eigenvalue weighted by Crippen LogP contribution is -2.38. The van der Waals surface area contributed by atoms with Crippen LogP contribution in [0.5, 0.6) is 0 Å². The Morgan fingerprint density at radius 2 is 2.20 bits per heavy atom. The van der Waals surface area contributed by atoms with Crippen LogP contribution in [0.4, 0.5) is 0 Å². The molecule has 3 nitrogen and oxygen atoms in total. The number of rotatable bonds is 7. The molecule has 20 heavy (non-hydrogen) atoms. The maximum atomic E-state index is 5.96. The number of hydrogen-bond donors (Lipinski definition) is 1. The first-order chi connectivity index (χ1) is 9.74. The molecule has 0 aromatic carbocycles. The third kappa shape index (κ3) is 4.10. The Balaban J connectivity index is 1.93. The molecule has 1 fully saturated rings. The van der Waals surface area contributed by atoms with E-state index in [4.69, 9.17) is 4.42 Å². The van der Waals surface area contributed by atoms with Gasteiger partial charge in [-0.25, -0.2) is 0 Å². The van der Waals surface area contributed by atoms with Gasteiger partial charge in [0.25, 0.3) is 0 Å². The molecule has 1 unspecified atom stereocenters. The summed E-state index contributed by atoms with van der Waals surface area (Å²) in [5, 5.41) is 3.46. The van der Waals surface area contributed by atoms with Gasteiger partial charge in [-0.2, -0.15) is 0 Å². The number of likely N-dealkylation sites (tertiary alicyclic amines) is 1. The van der Waals surface area contributed by atoms with Crippen LogP contribution in [-0.4, -0.2) is 24.0 Å². The van der Waals surface area contributed by atoms with Crippen molar-refractivity contribution >= 4 is 0 Å². The zero-order valence-electron chi connectivity index (χ0n) is 13.4. The molecular weight excluding hydrogens is 248 g/mol. The number of hydrogen-bond acceptors (Lipinski definition) is 3. The molecule has 2 heterocycles. The molecule has 1 saturated heterocycles. The Hall–Kier alpha value is -0.800. The fourth-order valence-electron chi connectivity index (χ4n) is 3.17. The van der Waals surface area contributed by atoms with E-state index in [1.165, 1.54) is 44.2 Å². The maximum absolute atomic E-state index is 5.96. The van der Waals surface area contributed by atoms with Gasteiger partial charge in [-0.05, 0) is 51.8 Å². The fourth-order valence-corrected chi connectivity index (χ4v) is 3.17. The highest BCUT2D eigenvalue weighted by Crippen LogP contribution is 2.23. The highest BCUT2D eigenvalue weighted by molar-refractivity contribution is 5.20. The fraction of sp³-hybridized carbons (Fsp3) is 0.765. The van der Waals surface area contributed by atoms with Gasteiger partial charge in [0.2, 0.25) is 0 Å². The summed E-state index contributed by atoms with van der Waals surface area (Å²) in [6.45, 7) is 10.8. The first-order valence-electron chi connectivity index (χ1n) is 8.27. The van der Waals surface area contributed by atoms with Gasteiger partial charge in [-0.1, -0.05) is 20.3 Å². The van der Waals surface area contributed by atoms with Crippen molar-refractivity contribution in [2.24, 2.45) is 0 Å². The summed E-state index contributed by atoms with van der Waals surface area (Å²) in [7, 11) is 0. The van der Waals surface area contributed by atoms with Crippen LogP contribution in [0.15, 0.2) is 10.5 Å². The van der Waals surface area contributed by atoms with E-state index in [1.54, 1.807) is 0 Å². The molecule has 1 N–H and O–H groups in total. The molecule has 114 valence electrons. The first kappa shape index (κ1) is 15.6. The summed E-state index contributed by atoms with van der Waals surface area (Å²) < 4.78 is 5.96. The van der Waals surface area contributed by atoms with Gasteiger partial charge < -0.3 is 9.73 Å². The minimum Gasteiger partial charge on any atom is -0.465 e. The van der Waals surface area contributed by atoms with Crippen molar-refractivity contribution in [2.75, 3.05) is 13.1 Å². The Kier molecular flexibility index (Phi) is 6.11. The summed E-state index contributed by atoms with van der Waals surface area (Å²) in [6, 6.07) is 3.00. The van der Waals surface area contributed by atoms with Gasteiger partial charge >= 0.3 is 0 Å². The highest BCUT2D eigenvalue weighted by Gasteiger charge is 2.22. The molecule has 3 heteroatoms. The largest absolute Gasteiger partial charge is 0.465 e. The summed E-state index contributed by atoms with van der Waals surface area (Å²) in [6.07, 6.45) is 6.50. The lowest BCUT2D eigenvalue weighted by molar-refractivity contribution is 0.126. The van der Waals surface area contributed by atoms with E-state index < -0.39 is 0 Å². The summed E-state index contributed by atoms with van der Waals surface area (Å²) >= 11 is 0. The van der Waals surface area contributed by atoms with Crippen molar-refractivity contribution in [2.45, 2.75) is 72.0 Å². The molecular formula is C17H30N2O. The minimum absolute atomic E-state index is 0.746. The van der Waals surface area contributed by atoms with Crippen LogP contribution in [0, 0.1) is 6.92 Å².